The van der Waals surface area contributed by atoms with Gasteiger partial charge in [-0.15, -0.1) is 0 Å². The van der Waals surface area contributed by atoms with Gasteiger partial charge < -0.3 is 10.6 Å². The number of hydrogen-bond donors (Lipinski definition) is 2. The molecule has 170 valence electrons. The van der Waals surface area contributed by atoms with Gasteiger partial charge >= 0.3 is 0 Å². The molecule has 4 nitrogen and oxygen atoms in total. The zero-order chi connectivity index (χ0) is 21.9. The summed E-state index contributed by atoms with van der Waals surface area (Å²) in [6.07, 6.45) is 15.6. The summed E-state index contributed by atoms with van der Waals surface area (Å²) in [6, 6.07) is 8.10. The molecule has 0 aliphatic carbocycles. The summed E-state index contributed by atoms with van der Waals surface area (Å²) >= 11 is 0. The second-order valence-corrected chi connectivity index (χ2v) is 8.41. The summed E-state index contributed by atoms with van der Waals surface area (Å²) in [4.78, 5) is 24.0. The van der Waals surface area contributed by atoms with Gasteiger partial charge in [0.15, 0.2) is 0 Å². The van der Waals surface area contributed by atoms with Crippen molar-refractivity contribution in [3.05, 3.63) is 35.4 Å². The van der Waals surface area contributed by atoms with Crippen LogP contribution < -0.4 is 10.6 Å². The summed E-state index contributed by atoms with van der Waals surface area (Å²) in [5.74, 6) is 0.256. The third kappa shape index (κ3) is 14.2. The zero-order valence-corrected chi connectivity index (χ0v) is 19.4. The van der Waals surface area contributed by atoms with Crippen LogP contribution in [0.1, 0.15) is 115 Å². The lowest BCUT2D eigenvalue weighted by atomic mass is 10.1. The predicted octanol–water partition coefficient (Wildman–Crippen LogP) is 6.42. The molecule has 0 radical (unpaired) electrons. The monoisotopic (exact) mass is 416 g/mol. The van der Waals surface area contributed by atoms with E-state index in [1.54, 1.807) is 0 Å². The Kier molecular flexibility index (Phi) is 15.7. The maximum Gasteiger partial charge on any atom is 0.220 e. The number of benzene rings is 1. The first-order valence-electron chi connectivity index (χ1n) is 12.3. The number of nitrogens with one attached hydrogen (secondary N) is 2. The third-order valence-corrected chi connectivity index (χ3v) is 5.49. The highest BCUT2D eigenvalue weighted by atomic mass is 16.2. The van der Waals surface area contributed by atoms with Crippen LogP contribution in [-0.4, -0.2) is 11.8 Å². The molecule has 0 aromatic heterocycles. The van der Waals surface area contributed by atoms with Crippen molar-refractivity contribution in [1.29, 1.82) is 0 Å². The van der Waals surface area contributed by atoms with Crippen molar-refractivity contribution in [3.8, 4) is 0 Å². The van der Waals surface area contributed by atoms with Crippen LogP contribution in [0.4, 0.5) is 0 Å². The van der Waals surface area contributed by atoms with Crippen LogP contribution in [0.15, 0.2) is 24.3 Å². The van der Waals surface area contributed by atoms with Crippen molar-refractivity contribution in [2.75, 3.05) is 0 Å². The van der Waals surface area contributed by atoms with Gasteiger partial charge in [-0.05, 0) is 24.0 Å². The first kappa shape index (κ1) is 26.2. The van der Waals surface area contributed by atoms with Gasteiger partial charge in [-0.2, -0.15) is 0 Å². The number of hydrogen-bond acceptors (Lipinski definition) is 2. The van der Waals surface area contributed by atoms with Crippen LogP contribution >= 0.6 is 0 Å². The van der Waals surface area contributed by atoms with Crippen molar-refractivity contribution >= 4 is 11.8 Å². The first-order chi connectivity index (χ1) is 14.7. The van der Waals surface area contributed by atoms with Crippen molar-refractivity contribution in [2.45, 2.75) is 117 Å². The topological polar surface area (TPSA) is 58.2 Å². The average molecular weight is 417 g/mol. The molecule has 0 saturated heterocycles. The smallest absolute Gasteiger partial charge is 0.220 e. The summed E-state index contributed by atoms with van der Waals surface area (Å²) in [5.41, 5.74) is 2.16. The molecule has 0 aliphatic rings. The zero-order valence-electron chi connectivity index (χ0n) is 19.4. The summed E-state index contributed by atoms with van der Waals surface area (Å²) in [7, 11) is 0. The molecule has 1 aromatic rings. The van der Waals surface area contributed by atoms with Crippen LogP contribution in [0.25, 0.3) is 0 Å². The molecular weight excluding hydrogens is 372 g/mol. The Balaban J connectivity index is 2.18. The van der Waals surface area contributed by atoms with Crippen LogP contribution in [0.3, 0.4) is 0 Å². The van der Waals surface area contributed by atoms with Gasteiger partial charge in [0.1, 0.15) is 0 Å². The number of carbonyl (C=O) groups is 2. The molecule has 0 fully saturated rings. The Morgan fingerprint density at radius 3 is 1.47 bits per heavy atom. The van der Waals surface area contributed by atoms with E-state index in [1.165, 1.54) is 51.4 Å². The molecular formula is C26H44N2O2. The van der Waals surface area contributed by atoms with Crippen LogP contribution in [0, 0.1) is 0 Å². The highest BCUT2D eigenvalue weighted by Crippen LogP contribution is 2.09. The van der Waals surface area contributed by atoms with Gasteiger partial charge in [-0.25, -0.2) is 0 Å². The van der Waals surface area contributed by atoms with E-state index in [0.717, 1.165) is 36.8 Å². The standard InChI is InChI=1S/C26H44N2O2/c1-3-5-7-9-11-13-18-25(29)27-21-23-16-15-17-24(20-23)22-28-26(30)19-14-12-10-8-6-4-2/h15-17,20H,3-14,18-19,21-22H2,1-2H3,(H,27,29)(H,28,30). The van der Waals surface area contributed by atoms with Crippen molar-refractivity contribution in [1.82, 2.24) is 10.6 Å². The quantitative estimate of drug-likeness (QED) is 0.271. The molecule has 1 rings (SSSR count). The van der Waals surface area contributed by atoms with Crippen molar-refractivity contribution in [2.24, 2.45) is 0 Å². The van der Waals surface area contributed by atoms with Gasteiger partial charge in [-0.1, -0.05) is 102 Å². The second-order valence-electron chi connectivity index (χ2n) is 8.41. The van der Waals surface area contributed by atoms with Gasteiger partial charge in [0.2, 0.25) is 11.8 Å². The fraction of sp³-hybridized carbons (Fsp3) is 0.692. The molecule has 1 aromatic carbocycles. The molecule has 2 N–H and O–H groups in total. The maximum atomic E-state index is 12.0. The van der Waals surface area contributed by atoms with Gasteiger partial charge in [-0.3, -0.25) is 9.59 Å². The highest BCUT2D eigenvalue weighted by molar-refractivity contribution is 5.76. The van der Waals surface area contributed by atoms with E-state index in [1.807, 2.05) is 18.2 Å². The van der Waals surface area contributed by atoms with Crippen molar-refractivity contribution < 1.29 is 9.59 Å². The summed E-state index contributed by atoms with van der Waals surface area (Å²) < 4.78 is 0. The first-order valence-corrected chi connectivity index (χ1v) is 12.3. The van der Waals surface area contributed by atoms with Crippen molar-refractivity contribution in [3.63, 3.8) is 0 Å². The van der Waals surface area contributed by atoms with Crippen LogP contribution in [-0.2, 0) is 22.7 Å². The van der Waals surface area contributed by atoms with E-state index < -0.39 is 0 Å². The molecule has 0 aliphatic heterocycles. The van der Waals surface area contributed by atoms with E-state index in [-0.39, 0.29) is 11.8 Å². The largest absolute Gasteiger partial charge is 0.352 e. The van der Waals surface area contributed by atoms with E-state index in [0.29, 0.717) is 25.9 Å². The molecule has 0 heterocycles. The van der Waals surface area contributed by atoms with E-state index in [2.05, 4.69) is 30.5 Å². The van der Waals surface area contributed by atoms with Gasteiger partial charge in [0.25, 0.3) is 0 Å². The Hall–Kier alpha value is -1.84. The molecule has 0 unspecified atom stereocenters. The molecule has 0 bridgehead atoms. The normalized spacial score (nSPS) is 10.7. The maximum absolute atomic E-state index is 12.0. The Morgan fingerprint density at radius 2 is 1.03 bits per heavy atom. The summed E-state index contributed by atoms with van der Waals surface area (Å²) in [6.45, 7) is 5.53. The number of rotatable bonds is 18. The molecule has 4 heteroatoms. The second kappa shape index (κ2) is 18.0. The fourth-order valence-corrected chi connectivity index (χ4v) is 3.56. The van der Waals surface area contributed by atoms with E-state index in [9.17, 15) is 9.59 Å². The molecule has 0 saturated carbocycles. The summed E-state index contributed by atoms with van der Waals surface area (Å²) in [5, 5.41) is 6.03. The lowest BCUT2D eigenvalue weighted by Gasteiger charge is -2.09. The van der Waals surface area contributed by atoms with Crippen LogP contribution in [0.2, 0.25) is 0 Å². The van der Waals surface area contributed by atoms with E-state index >= 15 is 0 Å². The number of amides is 2. The minimum atomic E-state index is 0.128. The Bertz CT molecular complexity index is 539. The number of unbranched alkanes of at least 4 members (excludes halogenated alkanes) is 10. The molecule has 0 atom stereocenters. The molecule has 30 heavy (non-hydrogen) atoms. The SMILES string of the molecule is CCCCCCCCC(=O)NCc1cccc(CNC(=O)CCCCCCCC)c1. The fourth-order valence-electron chi connectivity index (χ4n) is 3.56. The molecule has 2 amide bonds. The Labute approximate surface area is 184 Å². The lowest BCUT2D eigenvalue weighted by molar-refractivity contribution is -0.122. The van der Waals surface area contributed by atoms with Crippen LogP contribution in [0.5, 0.6) is 0 Å². The average Bonchev–Trinajstić information content (AvgIpc) is 2.76. The minimum absolute atomic E-state index is 0.128. The van der Waals surface area contributed by atoms with Gasteiger partial charge in [0.05, 0.1) is 0 Å². The minimum Gasteiger partial charge on any atom is -0.352 e. The van der Waals surface area contributed by atoms with E-state index in [4.69, 9.17) is 0 Å². The third-order valence-electron chi connectivity index (χ3n) is 5.49. The Morgan fingerprint density at radius 1 is 0.633 bits per heavy atom. The number of carbonyl (C=O) groups excluding carboxylic acids is 2. The lowest BCUT2D eigenvalue weighted by Crippen LogP contribution is -2.23. The molecule has 0 spiro atoms. The van der Waals surface area contributed by atoms with Gasteiger partial charge in [0, 0.05) is 25.9 Å². The predicted molar refractivity (Wildman–Crippen MR) is 126 cm³/mol. The highest BCUT2D eigenvalue weighted by Gasteiger charge is 2.04.